The number of nitrogens with zero attached hydrogens (tertiary/aromatic N) is 5. The monoisotopic (exact) mass is 312 g/mol. The van der Waals surface area contributed by atoms with Crippen LogP contribution in [-0.2, 0) is 7.05 Å². The van der Waals surface area contributed by atoms with E-state index in [1.807, 2.05) is 0 Å². The van der Waals surface area contributed by atoms with Crippen LogP contribution in [0.3, 0.4) is 0 Å². The van der Waals surface area contributed by atoms with Gasteiger partial charge in [-0.3, -0.25) is 4.68 Å². The largest absolute Gasteiger partial charge is 0.405 e. The number of aryl methyl sites for hydroxylation is 1. The minimum Gasteiger partial charge on any atom is -0.359 e. The van der Waals surface area contributed by atoms with E-state index in [9.17, 15) is 13.2 Å². The van der Waals surface area contributed by atoms with Crippen LogP contribution in [0.5, 0.6) is 0 Å². The number of alkyl halides is 3. The maximum atomic E-state index is 12.4. The highest BCUT2D eigenvalue weighted by atomic mass is 19.4. The lowest BCUT2D eigenvalue weighted by atomic mass is 10.4. The summed E-state index contributed by atoms with van der Waals surface area (Å²) in [5, 5.41) is 9.08. The highest BCUT2D eigenvalue weighted by Crippen LogP contribution is 2.22. The highest BCUT2D eigenvalue weighted by molar-refractivity contribution is 5.84. The summed E-state index contributed by atoms with van der Waals surface area (Å²) in [6.07, 6.45) is -1.45. The fourth-order valence-electron chi connectivity index (χ4n) is 1.81. The lowest BCUT2D eigenvalue weighted by Gasteiger charge is -2.11. The van der Waals surface area contributed by atoms with Gasteiger partial charge in [0.2, 0.25) is 5.95 Å². The van der Waals surface area contributed by atoms with Crippen LogP contribution in [-0.4, -0.2) is 42.4 Å². The molecule has 0 aromatic carbocycles. The van der Waals surface area contributed by atoms with Gasteiger partial charge in [0, 0.05) is 13.1 Å². The molecule has 0 aliphatic heterocycles. The normalized spacial score (nSPS) is 11.8. The van der Waals surface area contributed by atoms with E-state index in [1.165, 1.54) is 6.33 Å². The zero-order valence-corrected chi connectivity index (χ0v) is 11.3. The molecule has 3 N–H and O–H groups in total. The third-order valence-corrected chi connectivity index (χ3v) is 2.80. The van der Waals surface area contributed by atoms with Crippen LogP contribution in [0.4, 0.5) is 30.8 Å². The van der Waals surface area contributed by atoms with Crippen molar-refractivity contribution in [2.24, 2.45) is 7.05 Å². The van der Waals surface area contributed by atoms with Crippen LogP contribution >= 0.6 is 0 Å². The van der Waals surface area contributed by atoms with Gasteiger partial charge in [0.25, 0.3) is 0 Å². The molecule has 0 spiro atoms. The molecule has 0 saturated carbocycles. The third kappa shape index (κ3) is 2.92. The minimum absolute atomic E-state index is 0.0180. The number of rotatable bonds is 4. The van der Waals surface area contributed by atoms with Gasteiger partial charge < -0.3 is 15.6 Å². The molecule has 0 unspecified atom stereocenters. The van der Waals surface area contributed by atoms with Gasteiger partial charge in [-0.1, -0.05) is 0 Å². The van der Waals surface area contributed by atoms with E-state index < -0.39 is 12.7 Å². The number of aromatic nitrogens is 6. The first-order chi connectivity index (χ1) is 10.4. The van der Waals surface area contributed by atoms with E-state index in [-0.39, 0.29) is 17.4 Å². The van der Waals surface area contributed by atoms with Crippen LogP contribution in [0.1, 0.15) is 0 Å². The molecule has 8 nitrogen and oxygen atoms in total. The molecule has 3 aromatic heterocycles. The van der Waals surface area contributed by atoms with Gasteiger partial charge in [-0.15, -0.1) is 0 Å². The Balaban J connectivity index is 1.93. The maximum Gasteiger partial charge on any atom is 0.405 e. The fourth-order valence-corrected chi connectivity index (χ4v) is 1.81. The van der Waals surface area contributed by atoms with Crippen molar-refractivity contribution in [3.05, 3.63) is 18.6 Å². The van der Waals surface area contributed by atoms with Gasteiger partial charge in [-0.05, 0) is 0 Å². The molecule has 116 valence electrons. The Morgan fingerprint density at radius 1 is 1.32 bits per heavy atom. The Kier molecular flexibility index (Phi) is 3.31. The van der Waals surface area contributed by atoms with E-state index >= 15 is 0 Å². The number of fused-ring (bicyclic) bond motifs is 1. The SMILES string of the molecule is Cn1nccc1Nc1nc(NCC(F)(F)F)c2[nH]cnc2n1. The van der Waals surface area contributed by atoms with Crippen LogP contribution in [0.2, 0.25) is 0 Å². The summed E-state index contributed by atoms with van der Waals surface area (Å²) in [5.74, 6) is 0.731. The molecular weight excluding hydrogens is 301 g/mol. The average Bonchev–Trinajstić information content (AvgIpc) is 3.05. The van der Waals surface area contributed by atoms with E-state index in [0.717, 1.165) is 0 Å². The molecule has 0 radical (unpaired) electrons. The molecule has 0 bridgehead atoms. The average molecular weight is 312 g/mol. The molecule has 11 heteroatoms. The minimum atomic E-state index is -4.35. The number of imidazole rings is 1. The molecule has 0 aliphatic rings. The van der Waals surface area contributed by atoms with Crippen LogP contribution in [0.15, 0.2) is 18.6 Å². The molecule has 0 fully saturated rings. The number of anilines is 3. The molecule has 0 saturated heterocycles. The number of hydrogen-bond donors (Lipinski definition) is 3. The van der Waals surface area contributed by atoms with Gasteiger partial charge >= 0.3 is 6.18 Å². The maximum absolute atomic E-state index is 12.4. The molecule has 0 atom stereocenters. The second kappa shape index (κ2) is 5.16. The second-order valence-corrected chi connectivity index (χ2v) is 4.43. The smallest absolute Gasteiger partial charge is 0.359 e. The lowest BCUT2D eigenvalue weighted by Crippen LogP contribution is -2.22. The van der Waals surface area contributed by atoms with Gasteiger partial charge in [0.15, 0.2) is 11.5 Å². The second-order valence-electron chi connectivity index (χ2n) is 4.43. The first-order valence-corrected chi connectivity index (χ1v) is 6.19. The van der Waals surface area contributed by atoms with Crippen molar-refractivity contribution < 1.29 is 13.2 Å². The van der Waals surface area contributed by atoms with Gasteiger partial charge in [-0.2, -0.15) is 28.2 Å². The Morgan fingerprint density at radius 3 is 2.82 bits per heavy atom. The Labute approximate surface area is 121 Å². The summed E-state index contributed by atoms with van der Waals surface area (Å²) < 4.78 is 38.6. The Hall–Kier alpha value is -2.85. The topological polar surface area (TPSA) is 96.3 Å². The first-order valence-electron chi connectivity index (χ1n) is 6.19. The van der Waals surface area contributed by atoms with Gasteiger partial charge in [0.05, 0.1) is 12.5 Å². The van der Waals surface area contributed by atoms with Crippen molar-refractivity contribution in [3.8, 4) is 0 Å². The van der Waals surface area contributed by atoms with Crippen molar-refractivity contribution in [1.29, 1.82) is 0 Å². The van der Waals surface area contributed by atoms with Crippen molar-refractivity contribution in [2.75, 3.05) is 17.2 Å². The number of H-pyrrole nitrogens is 1. The fraction of sp³-hybridized carbons (Fsp3) is 0.273. The quantitative estimate of drug-likeness (QED) is 0.680. The van der Waals surface area contributed by atoms with Crippen LogP contribution in [0.25, 0.3) is 11.2 Å². The first kappa shape index (κ1) is 14.1. The van der Waals surface area contributed by atoms with Crippen molar-refractivity contribution in [1.82, 2.24) is 29.7 Å². The molecule has 3 rings (SSSR count). The number of hydrogen-bond acceptors (Lipinski definition) is 6. The molecule has 3 aromatic rings. The summed E-state index contributed by atoms with van der Waals surface area (Å²) in [4.78, 5) is 14.8. The van der Waals surface area contributed by atoms with E-state index in [2.05, 4.69) is 35.7 Å². The molecule has 3 heterocycles. The van der Waals surface area contributed by atoms with Gasteiger partial charge in [-0.25, -0.2) is 4.98 Å². The van der Waals surface area contributed by atoms with E-state index in [1.54, 1.807) is 24.0 Å². The number of nitrogens with one attached hydrogen (secondary N) is 3. The molecular formula is C11H11F3N8. The number of aromatic amines is 1. The lowest BCUT2D eigenvalue weighted by molar-refractivity contribution is -0.115. The van der Waals surface area contributed by atoms with E-state index in [4.69, 9.17) is 0 Å². The Morgan fingerprint density at radius 2 is 2.14 bits per heavy atom. The number of halogens is 3. The van der Waals surface area contributed by atoms with Crippen LogP contribution < -0.4 is 10.6 Å². The predicted octanol–water partition coefficient (Wildman–Crippen LogP) is 1.80. The third-order valence-electron chi connectivity index (χ3n) is 2.80. The molecule has 0 aliphatic carbocycles. The molecule has 0 amide bonds. The highest BCUT2D eigenvalue weighted by Gasteiger charge is 2.27. The van der Waals surface area contributed by atoms with Crippen LogP contribution in [0, 0.1) is 0 Å². The Bertz CT molecular complexity index is 790. The summed E-state index contributed by atoms with van der Waals surface area (Å²) in [7, 11) is 1.71. The summed E-state index contributed by atoms with van der Waals surface area (Å²) in [6.45, 7) is -1.21. The van der Waals surface area contributed by atoms with E-state index in [0.29, 0.717) is 11.3 Å². The summed E-state index contributed by atoms with van der Waals surface area (Å²) >= 11 is 0. The summed E-state index contributed by atoms with van der Waals surface area (Å²) in [6, 6.07) is 1.68. The zero-order valence-electron chi connectivity index (χ0n) is 11.3. The predicted molar refractivity (Wildman–Crippen MR) is 72.7 cm³/mol. The standard InChI is InChI=1S/C11H11F3N8/c1-22-6(2-3-18-22)19-10-20-8(15-4-11(12,13)14)7-9(21-10)17-5-16-7/h2-3,5H,4H2,1H3,(H3,15,16,17,19,20,21). The van der Waals surface area contributed by atoms with Crippen molar-refractivity contribution >= 4 is 28.7 Å². The molecule has 22 heavy (non-hydrogen) atoms. The van der Waals surface area contributed by atoms with Crippen molar-refractivity contribution in [3.63, 3.8) is 0 Å². The van der Waals surface area contributed by atoms with Gasteiger partial charge in [0.1, 0.15) is 17.9 Å². The zero-order chi connectivity index (χ0) is 15.7. The summed E-state index contributed by atoms with van der Waals surface area (Å²) in [5.41, 5.74) is 0.559. The van der Waals surface area contributed by atoms with Crippen molar-refractivity contribution in [2.45, 2.75) is 6.18 Å².